The summed E-state index contributed by atoms with van der Waals surface area (Å²) in [5.41, 5.74) is 0.300. The van der Waals surface area contributed by atoms with Gasteiger partial charge in [-0.2, -0.15) is 0 Å². The Morgan fingerprint density at radius 2 is 1.33 bits per heavy atom. The summed E-state index contributed by atoms with van der Waals surface area (Å²) in [5.74, 6) is 0. The topological polar surface area (TPSA) is 134 Å². The van der Waals surface area contributed by atoms with Crippen molar-refractivity contribution in [3.63, 3.8) is 0 Å². The summed E-state index contributed by atoms with van der Waals surface area (Å²) in [4.78, 5) is 25.8. The van der Waals surface area contributed by atoms with Crippen LogP contribution in [0.15, 0.2) is 60.7 Å². The molecule has 216 valence electrons. The lowest BCUT2D eigenvalue weighted by atomic mass is 9.94. The number of alkyl carbamates (subject to hydrolysis) is 1. The van der Waals surface area contributed by atoms with Crippen LogP contribution < -0.4 is 15.7 Å². The zero-order valence-electron chi connectivity index (χ0n) is 23.9. The Morgan fingerprint density at radius 3 is 1.79 bits per heavy atom. The van der Waals surface area contributed by atoms with E-state index in [-0.39, 0.29) is 19.5 Å². The lowest BCUT2D eigenvalue weighted by Crippen LogP contribution is -2.62. The maximum absolute atomic E-state index is 12.5. The minimum Gasteiger partial charge on any atom is -0.530 e. The lowest BCUT2D eigenvalue weighted by Gasteiger charge is -2.45. The van der Waals surface area contributed by atoms with E-state index in [1.165, 1.54) is 4.90 Å². The quantitative estimate of drug-likeness (QED) is 0.324. The van der Waals surface area contributed by atoms with Crippen molar-refractivity contribution >= 4 is 12.2 Å². The van der Waals surface area contributed by atoms with Crippen molar-refractivity contribution in [3.8, 4) is 0 Å². The molecule has 0 bridgehead atoms. The van der Waals surface area contributed by atoms with Gasteiger partial charge < -0.3 is 40.4 Å². The average molecular weight is 543 g/mol. The summed E-state index contributed by atoms with van der Waals surface area (Å²) < 4.78 is 5.38. The summed E-state index contributed by atoms with van der Waals surface area (Å²) >= 11 is 0. The first kappa shape index (κ1) is 32.1. The third-order valence-electron chi connectivity index (χ3n) is 6.15. The van der Waals surface area contributed by atoms with E-state index in [1.54, 1.807) is 41.5 Å². The summed E-state index contributed by atoms with van der Waals surface area (Å²) in [6.45, 7) is 10.6. The van der Waals surface area contributed by atoms with Crippen LogP contribution in [-0.4, -0.2) is 75.8 Å². The number of nitrogens with one attached hydrogen (secondary N) is 2. The molecule has 4 N–H and O–H groups in total. The van der Waals surface area contributed by atoms with Crippen LogP contribution in [-0.2, 0) is 17.6 Å². The number of amides is 2. The van der Waals surface area contributed by atoms with Crippen LogP contribution >= 0.6 is 0 Å². The van der Waals surface area contributed by atoms with E-state index in [1.807, 2.05) is 60.7 Å². The third kappa shape index (κ3) is 11.2. The molecule has 0 radical (unpaired) electrons. The van der Waals surface area contributed by atoms with E-state index < -0.39 is 47.6 Å². The molecule has 2 aromatic rings. The fraction of sp³-hybridized carbons (Fsp3) is 0.533. The van der Waals surface area contributed by atoms with Crippen LogP contribution in [0.5, 0.6) is 0 Å². The largest absolute Gasteiger partial charge is 0.530 e. The molecular weight excluding hydrogens is 498 g/mol. The molecule has 0 spiro atoms. The summed E-state index contributed by atoms with van der Waals surface area (Å²) in [6.07, 6.45) is -3.47. The molecule has 0 aliphatic heterocycles. The van der Waals surface area contributed by atoms with Gasteiger partial charge in [0.25, 0.3) is 0 Å². The lowest BCUT2D eigenvalue weighted by molar-refractivity contribution is -0.275. The first-order valence-electron chi connectivity index (χ1n) is 13.3. The zero-order chi connectivity index (χ0) is 29.2. The van der Waals surface area contributed by atoms with Crippen LogP contribution in [0.2, 0.25) is 0 Å². The van der Waals surface area contributed by atoms with Crippen LogP contribution in [0.3, 0.4) is 0 Å². The Morgan fingerprint density at radius 1 is 0.846 bits per heavy atom. The molecule has 0 aromatic heterocycles. The van der Waals surface area contributed by atoms with Gasteiger partial charge >= 0.3 is 6.09 Å². The molecule has 2 amide bonds. The Kier molecular flexibility index (Phi) is 11.8. The van der Waals surface area contributed by atoms with Crippen molar-refractivity contribution in [2.24, 2.45) is 0 Å². The molecule has 0 heterocycles. The van der Waals surface area contributed by atoms with E-state index in [0.717, 1.165) is 11.1 Å². The Bertz CT molecular complexity index is 1020. The van der Waals surface area contributed by atoms with Gasteiger partial charge in [-0.1, -0.05) is 60.7 Å². The number of aliphatic hydroxyl groups is 2. The van der Waals surface area contributed by atoms with E-state index in [9.17, 15) is 24.9 Å². The summed E-state index contributed by atoms with van der Waals surface area (Å²) in [7, 11) is 0. The van der Waals surface area contributed by atoms with Crippen molar-refractivity contribution in [3.05, 3.63) is 71.8 Å². The second-order valence-electron chi connectivity index (χ2n) is 11.8. The number of rotatable bonds is 12. The van der Waals surface area contributed by atoms with Crippen molar-refractivity contribution < 1.29 is 29.6 Å². The second kappa shape index (κ2) is 14.3. The number of ether oxygens (including phenoxy) is 1. The first-order valence-corrected chi connectivity index (χ1v) is 13.3. The minimum atomic E-state index is -1.37. The Hall–Kier alpha value is -3.14. The molecule has 0 fully saturated rings. The molecule has 1 unspecified atom stereocenters. The monoisotopic (exact) mass is 542 g/mol. The number of benzene rings is 2. The highest BCUT2D eigenvalue weighted by Crippen LogP contribution is 2.22. The van der Waals surface area contributed by atoms with Crippen molar-refractivity contribution in [1.82, 2.24) is 15.5 Å². The SMILES string of the molecule is CC(C)(C)OC(=O)N[C@@H](Cc1ccccc1)[C@@H](O)CNCC(O)[C@@H](Cc1ccccc1)N(C(=O)[O-])C(C)(C)C. The number of carbonyl (C=O) groups excluding carboxylic acids is 2. The Balaban J connectivity index is 2.12. The van der Waals surface area contributed by atoms with E-state index in [4.69, 9.17) is 4.74 Å². The van der Waals surface area contributed by atoms with Gasteiger partial charge in [0.15, 0.2) is 0 Å². The molecular formula is C30H44N3O6-. The smallest absolute Gasteiger partial charge is 0.407 e. The highest BCUT2D eigenvalue weighted by Gasteiger charge is 2.34. The number of aliphatic hydroxyl groups excluding tert-OH is 2. The zero-order valence-corrected chi connectivity index (χ0v) is 23.9. The third-order valence-corrected chi connectivity index (χ3v) is 6.15. The van der Waals surface area contributed by atoms with Gasteiger partial charge in [-0.25, -0.2) is 4.79 Å². The van der Waals surface area contributed by atoms with Gasteiger partial charge in [0, 0.05) is 18.6 Å². The molecule has 0 aliphatic carbocycles. The van der Waals surface area contributed by atoms with Crippen LogP contribution in [0, 0.1) is 0 Å². The fourth-order valence-corrected chi connectivity index (χ4v) is 4.43. The molecule has 2 aromatic carbocycles. The maximum atomic E-state index is 12.5. The summed E-state index contributed by atoms with van der Waals surface area (Å²) in [5, 5.41) is 40.1. The van der Waals surface area contributed by atoms with Gasteiger partial charge in [-0.15, -0.1) is 0 Å². The van der Waals surface area contributed by atoms with Crippen molar-refractivity contribution in [2.45, 2.75) is 89.8 Å². The molecule has 9 nitrogen and oxygen atoms in total. The van der Waals surface area contributed by atoms with Gasteiger partial charge in [-0.05, 0) is 65.5 Å². The molecule has 0 aliphatic rings. The molecule has 0 saturated heterocycles. The predicted molar refractivity (Wildman–Crippen MR) is 149 cm³/mol. The number of nitrogens with zero attached hydrogens (tertiary/aromatic N) is 1. The predicted octanol–water partition coefficient (Wildman–Crippen LogP) is 2.49. The molecule has 9 heteroatoms. The highest BCUT2D eigenvalue weighted by molar-refractivity contribution is 5.68. The number of carbonyl (C=O) groups is 2. The van der Waals surface area contributed by atoms with Gasteiger partial charge in [-0.3, -0.25) is 0 Å². The van der Waals surface area contributed by atoms with Crippen molar-refractivity contribution in [1.29, 1.82) is 0 Å². The van der Waals surface area contributed by atoms with E-state index in [0.29, 0.717) is 6.42 Å². The van der Waals surface area contributed by atoms with Crippen LogP contribution in [0.1, 0.15) is 52.7 Å². The summed E-state index contributed by atoms with van der Waals surface area (Å²) in [6, 6.07) is 17.4. The van der Waals surface area contributed by atoms with Crippen molar-refractivity contribution in [2.75, 3.05) is 13.1 Å². The standard InChI is InChI=1S/C30H45N3O6/c1-29(2,3)33(28(37)38)24(18-22-15-11-8-12-16-22)26(35)20-31-19-25(34)23(17-21-13-9-7-10-14-21)32-27(36)39-30(4,5)6/h7-16,23-26,31,34-35H,17-20H2,1-6H3,(H,32,36)(H,37,38)/p-1/t23-,24+,25-,26?/m0/s1. The van der Waals surface area contributed by atoms with Gasteiger partial charge in [0.2, 0.25) is 0 Å². The average Bonchev–Trinajstić information content (AvgIpc) is 2.82. The number of hydrogen-bond acceptors (Lipinski definition) is 7. The van der Waals surface area contributed by atoms with Gasteiger partial charge in [0.1, 0.15) is 11.7 Å². The molecule has 4 atom stereocenters. The Labute approximate surface area is 232 Å². The minimum absolute atomic E-state index is 0.0128. The number of hydrogen-bond donors (Lipinski definition) is 4. The van der Waals surface area contributed by atoms with Crippen LogP contribution in [0.4, 0.5) is 9.59 Å². The second-order valence-corrected chi connectivity index (χ2v) is 11.8. The normalized spacial score (nSPS) is 15.1. The molecule has 2 rings (SSSR count). The maximum Gasteiger partial charge on any atom is 0.407 e. The van der Waals surface area contributed by atoms with Gasteiger partial charge in [0.05, 0.1) is 24.3 Å². The van der Waals surface area contributed by atoms with E-state index >= 15 is 0 Å². The highest BCUT2D eigenvalue weighted by atomic mass is 16.6. The fourth-order valence-electron chi connectivity index (χ4n) is 4.43. The number of carboxylic acid groups (broad SMARTS) is 1. The molecule has 39 heavy (non-hydrogen) atoms. The van der Waals surface area contributed by atoms with E-state index in [2.05, 4.69) is 10.6 Å². The van der Waals surface area contributed by atoms with Crippen LogP contribution in [0.25, 0.3) is 0 Å². The molecule has 0 saturated carbocycles. The first-order chi connectivity index (χ1) is 18.2.